The van der Waals surface area contributed by atoms with E-state index in [1.54, 1.807) is 24.9 Å². The highest BCUT2D eigenvalue weighted by Gasteiger charge is 2.12. The zero-order valence-corrected chi connectivity index (χ0v) is 9.56. The molecule has 0 aliphatic rings. The summed E-state index contributed by atoms with van der Waals surface area (Å²) in [7, 11) is 1.74. The van der Waals surface area contributed by atoms with Gasteiger partial charge in [-0.2, -0.15) is 5.10 Å². The number of nitrogen functional groups attached to an aromatic ring is 1. The van der Waals surface area contributed by atoms with Gasteiger partial charge in [-0.3, -0.25) is 14.6 Å². The average molecular weight is 235 g/mol. The van der Waals surface area contributed by atoms with Crippen LogP contribution in [0.15, 0.2) is 6.20 Å². The number of H-pyrrole nitrogens is 1. The smallest absolute Gasteiger partial charge is 0.291 e. The van der Waals surface area contributed by atoms with Crippen LogP contribution in [0.1, 0.15) is 22.0 Å². The SMILES string of the molecule is Cc1nc(C(=O)NCc2cnn(C)c2N)n[nH]1. The van der Waals surface area contributed by atoms with Crippen molar-refractivity contribution in [1.29, 1.82) is 0 Å². The predicted octanol–water partition coefficient (Wildman–Crippen LogP) is -0.641. The lowest BCUT2D eigenvalue weighted by Gasteiger charge is -2.01. The molecule has 0 saturated heterocycles. The Bertz CT molecular complexity index is 541. The van der Waals surface area contributed by atoms with Gasteiger partial charge in [0.25, 0.3) is 5.91 Å². The van der Waals surface area contributed by atoms with Gasteiger partial charge in [-0.15, -0.1) is 5.10 Å². The fraction of sp³-hybridized carbons (Fsp3) is 0.333. The van der Waals surface area contributed by atoms with Crippen LogP contribution < -0.4 is 11.1 Å². The quantitative estimate of drug-likeness (QED) is 0.654. The van der Waals surface area contributed by atoms with Gasteiger partial charge in [0.1, 0.15) is 11.6 Å². The van der Waals surface area contributed by atoms with Gasteiger partial charge >= 0.3 is 0 Å². The molecule has 0 aliphatic heterocycles. The Labute approximate surface area is 97.2 Å². The second-order valence-electron chi connectivity index (χ2n) is 3.61. The first-order chi connectivity index (χ1) is 8.08. The van der Waals surface area contributed by atoms with Crippen LogP contribution in [0.4, 0.5) is 5.82 Å². The molecule has 0 unspecified atom stereocenters. The van der Waals surface area contributed by atoms with Gasteiger partial charge in [-0.1, -0.05) is 0 Å². The normalized spacial score (nSPS) is 10.5. The van der Waals surface area contributed by atoms with Crippen molar-refractivity contribution in [3.63, 3.8) is 0 Å². The third-order valence-electron chi connectivity index (χ3n) is 2.30. The van der Waals surface area contributed by atoms with Gasteiger partial charge in [0.05, 0.1) is 6.20 Å². The number of rotatable bonds is 3. The minimum absolute atomic E-state index is 0.116. The fourth-order valence-corrected chi connectivity index (χ4v) is 1.33. The Morgan fingerprint density at radius 3 is 2.94 bits per heavy atom. The van der Waals surface area contributed by atoms with E-state index >= 15 is 0 Å². The predicted molar refractivity (Wildman–Crippen MR) is 59.9 cm³/mol. The molecule has 0 saturated carbocycles. The molecule has 0 radical (unpaired) electrons. The van der Waals surface area contributed by atoms with Crippen molar-refractivity contribution in [1.82, 2.24) is 30.3 Å². The number of hydrogen-bond acceptors (Lipinski definition) is 5. The van der Waals surface area contributed by atoms with Crippen molar-refractivity contribution in [2.75, 3.05) is 5.73 Å². The monoisotopic (exact) mass is 235 g/mol. The van der Waals surface area contributed by atoms with Crippen molar-refractivity contribution >= 4 is 11.7 Å². The highest BCUT2D eigenvalue weighted by Crippen LogP contribution is 2.08. The summed E-state index contributed by atoms with van der Waals surface area (Å²) in [6.45, 7) is 2.02. The molecule has 0 aliphatic carbocycles. The fourth-order valence-electron chi connectivity index (χ4n) is 1.33. The van der Waals surface area contributed by atoms with Crippen LogP contribution in [0.2, 0.25) is 0 Å². The van der Waals surface area contributed by atoms with Crippen LogP contribution in [0.5, 0.6) is 0 Å². The number of carbonyl (C=O) groups excluding carboxylic acids is 1. The maximum atomic E-state index is 11.6. The van der Waals surface area contributed by atoms with Crippen molar-refractivity contribution in [3.05, 3.63) is 23.4 Å². The van der Waals surface area contributed by atoms with Crippen molar-refractivity contribution in [2.45, 2.75) is 13.5 Å². The van der Waals surface area contributed by atoms with Gasteiger partial charge in [0.15, 0.2) is 0 Å². The number of anilines is 1. The zero-order chi connectivity index (χ0) is 12.4. The van der Waals surface area contributed by atoms with E-state index in [-0.39, 0.29) is 11.7 Å². The highest BCUT2D eigenvalue weighted by atomic mass is 16.2. The van der Waals surface area contributed by atoms with Gasteiger partial charge in [-0.05, 0) is 6.92 Å². The standard InChI is InChI=1S/C9H13N7O/c1-5-13-8(15-14-5)9(17)11-3-6-4-12-16(2)7(6)10/h4H,3,10H2,1-2H3,(H,11,17)(H,13,14,15). The Hall–Kier alpha value is -2.38. The summed E-state index contributed by atoms with van der Waals surface area (Å²) in [5, 5.41) is 13.0. The van der Waals surface area contributed by atoms with Crippen molar-refractivity contribution in [3.8, 4) is 0 Å². The van der Waals surface area contributed by atoms with Gasteiger partial charge in [-0.25, -0.2) is 4.98 Å². The second-order valence-corrected chi connectivity index (χ2v) is 3.61. The van der Waals surface area contributed by atoms with E-state index < -0.39 is 0 Å². The second kappa shape index (κ2) is 4.24. The summed E-state index contributed by atoms with van der Waals surface area (Å²) >= 11 is 0. The molecule has 2 heterocycles. The maximum Gasteiger partial charge on any atom is 0.291 e. The van der Waals surface area contributed by atoms with E-state index in [1.807, 2.05) is 0 Å². The summed E-state index contributed by atoms with van der Waals surface area (Å²) < 4.78 is 1.54. The van der Waals surface area contributed by atoms with Crippen LogP contribution in [0.25, 0.3) is 0 Å². The summed E-state index contributed by atoms with van der Waals surface area (Å²) in [6.07, 6.45) is 1.61. The Morgan fingerprint density at radius 2 is 2.41 bits per heavy atom. The van der Waals surface area contributed by atoms with E-state index in [4.69, 9.17) is 5.73 Å². The number of carbonyl (C=O) groups is 1. The molecule has 2 rings (SSSR count). The van der Waals surface area contributed by atoms with Crippen LogP contribution in [0.3, 0.4) is 0 Å². The third kappa shape index (κ3) is 2.25. The molecule has 0 spiro atoms. The van der Waals surface area contributed by atoms with Crippen molar-refractivity contribution < 1.29 is 4.79 Å². The number of nitrogens with two attached hydrogens (primary N) is 1. The average Bonchev–Trinajstić information content (AvgIpc) is 2.86. The Morgan fingerprint density at radius 1 is 1.65 bits per heavy atom. The molecule has 0 bridgehead atoms. The third-order valence-corrected chi connectivity index (χ3v) is 2.30. The largest absolute Gasteiger partial charge is 0.384 e. The molecule has 8 nitrogen and oxygen atoms in total. The topological polar surface area (TPSA) is 115 Å². The van der Waals surface area contributed by atoms with E-state index in [0.717, 1.165) is 5.56 Å². The van der Waals surface area contributed by atoms with E-state index in [9.17, 15) is 4.79 Å². The molecule has 0 fully saturated rings. The summed E-state index contributed by atoms with van der Waals surface area (Å²) in [6, 6.07) is 0. The zero-order valence-electron chi connectivity index (χ0n) is 9.56. The first-order valence-electron chi connectivity index (χ1n) is 5.01. The Balaban J connectivity index is 1.99. The number of aromatic nitrogens is 5. The summed E-state index contributed by atoms with van der Waals surface area (Å²) in [4.78, 5) is 15.5. The number of aryl methyl sites for hydroxylation is 2. The van der Waals surface area contributed by atoms with E-state index in [2.05, 4.69) is 25.6 Å². The lowest BCUT2D eigenvalue weighted by atomic mass is 10.3. The van der Waals surface area contributed by atoms with Gasteiger partial charge in [0, 0.05) is 19.2 Å². The number of nitrogens with one attached hydrogen (secondary N) is 2. The molecule has 0 atom stereocenters. The molecule has 1 amide bonds. The molecule has 8 heteroatoms. The number of nitrogens with zero attached hydrogens (tertiary/aromatic N) is 4. The summed E-state index contributed by atoms with van der Waals surface area (Å²) in [5.74, 6) is 0.884. The molecule has 0 aromatic carbocycles. The van der Waals surface area contributed by atoms with E-state index in [0.29, 0.717) is 18.2 Å². The minimum Gasteiger partial charge on any atom is -0.384 e. The molecular weight excluding hydrogens is 222 g/mol. The first kappa shape index (κ1) is 11.1. The molecule has 17 heavy (non-hydrogen) atoms. The molecule has 2 aromatic heterocycles. The molecule has 90 valence electrons. The van der Waals surface area contributed by atoms with Crippen LogP contribution in [-0.2, 0) is 13.6 Å². The maximum absolute atomic E-state index is 11.6. The lowest BCUT2D eigenvalue weighted by molar-refractivity contribution is 0.0941. The lowest BCUT2D eigenvalue weighted by Crippen LogP contribution is -2.24. The summed E-state index contributed by atoms with van der Waals surface area (Å²) in [5.41, 5.74) is 6.50. The number of aromatic amines is 1. The first-order valence-corrected chi connectivity index (χ1v) is 5.01. The van der Waals surface area contributed by atoms with Crippen molar-refractivity contribution in [2.24, 2.45) is 7.05 Å². The van der Waals surface area contributed by atoms with E-state index in [1.165, 1.54) is 0 Å². The Kier molecular flexibility index (Phi) is 2.77. The van der Waals surface area contributed by atoms with Gasteiger partial charge in [0.2, 0.25) is 5.82 Å². The van der Waals surface area contributed by atoms with Crippen LogP contribution in [-0.4, -0.2) is 30.9 Å². The number of hydrogen-bond donors (Lipinski definition) is 3. The molecular formula is C9H13N7O. The number of amides is 1. The van der Waals surface area contributed by atoms with Crippen LogP contribution >= 0.6 is 0 Å². The van der Waals surface area contributed by atoms with Gasteiger partial charge < -0.3 is 11.1 Å². The molecule has 4 N–H and O–H groups in total. The minimum atomic E-state index is -0.349. The molecule has 2 aromatic rings. The highest BCUT2D eigenvalue weighted by molar-refractivity contribution is 5.90. The van der Waals surface area contributed by atoms with Crippen LogP contribution in [0, 0.1) is 6.92 Å².